The summed E-state index contributed by atoms with van der Waals surface area (Å²) in [4.78, 5) is 34.4. The Morgan fingerprint density at radius 1 is 0.691 bits per heavy atom. The fourth-order valence-corrected chi connectivity index (χ4v) is 14.9. The molecular weight excluding hydrogens is 783 g/mol. The molecule has 0 N–H and O–H groups in total. The molecule has 0 radical (unpaired) electrons. The maximum atomic E-state index is 11.9. The number of ether oxygens (including phenoxy) is 6. The zero-order valence-electron chi connectivity index (χ0n) is 33.2. The summed E-state index contributed by atoms with van der Waals surface area (Å²) in [5.74, 6) is -1.91. The molecule has 7 rings (SSSR count). The first kappa shape index (κ1) is 42.9. The van der Waals surface area contributed by atoms with Crippen LogP contribution in [0.25, 0.3) is 0 Å². The van der Waals surface area contributed by atoms with Crippen molar-refractivity contribution in [2.75, 3.05) is 20.4 Å². The number of esters is 2. The largest absolute Gasteiger partial charge is 0.469 e. The Hall–Kier alpha value is -3.24. The molecule has 2 saturated heterocycles. The molecule has 0 bridgehead atoms. The number of allylic oxidation sites excluding steroid dienone is 1. The van der Waals surface area contributed by atoms with E-state index in [1.54, 1.807) is 13.8 Å². The van der Waals surface area contributed by atoms with Gasteiger partial charge in [0.15, 0.2) is 17.4 Å². The van der Waals surface area contributed by atoms with Crippen LogP contribution < -0.4 is 15.9 Å². The van der Waals surface area contributed by atoms with Crippen LogP contribution in [0.15, 0.2) is 103 Å². The van der Waals surface area contributed by atoms with E-state index in [1.165, 1.54) is 35.7 Å². The maximum absolute atomic E-state index is 11.9. The molecule has 0 amide bonds. The summed E-state index contributed by atoms with van der Waals surface area (Å²) in [7, 11) is 2.74. The fourth-order valence-electron chi connectivity index (χ4n) is 8.38. The summed E-state index contributed by atoms with van der Waals surface area (Å²) >= 11 is 4.35. The predicted molar refractivity (Wildman–Crippen MR) is 221 cm³/mol. The molecule has 298 valence electrons. The summed E-state index contributed by atoms with van der Waals surface area (Å²) in [6, 6.07) is 32.7. The van der Waals surface area contributed by atoms with E-state index in [1.807, 2.05) is 26.8 Å². The van der Waals surface area contributed by atoms with Crippen LogP contribution in [0.3, 0.4) is 0 Å². The van der Waals surface area contributed by atoms with Crippen LogP contribution in [0.4, 0.5) is 0 Å². The van der Waals surface area contributed by atoms with Crippen LogP contribution in [0.2, 0.25) is 0 Å². The van der Waals surface area contributed by atoms with Crippen molar-refractivity contribution in [1.29, 1.82) is 0 Å². The molecular formula is C44H56BrO9P. The molecule has 4 fully saturated rings. The SMILES string of the molecule is C/C=C1\[C@H](CC(=O)OC)C[C@H]2OC(C)(C)O[C@@H]12.CCP(Br)(c1ccccc1)(c1ccccc1)c1ccccc1.COC(=O)C[C@@H]1C[C@H]2OC(C)(C)O[C@H]2C1=O. The van der Waals surface area contributed by atoms with Crippen LogP contribution >= 0.6 is 20.8 Å². The van der Waals surface area contributed by atoms with E-state index in [4.69, 9.17) is 23.7 Å². The zero-order valence-corrected chi connectivity index (χ0v) is 35.7. The van der Waals surface area contributed by atoms with Gasteiger partial charge >= 0.3 is 153 Å². The van der Waals surface area contributed by atoms with Crippen LogP contribution in [-0.4, -0.2) is 74.1 Å². The number of methoxy groups -OCH3 is 2. The topological polar surface area (TPSA) is 107 Å². The molecule has 0 spiro atoms. The van der Waals surface area contributed by atoms with Crippen LogP contribution in [0.5, 0.6) is 0 Å². The average molecular weight is 840 g/mol. The van der Waals surface area contributed by atoms with Gasteiger partial charge in [-0.2, -0.15) is 0 Å². The molecule has 0 unspecified atom stereocenters. The van der Waals surface area contributed by atoms with E-state index >= 15 is 0 Å². The molecule has 9 nitrogen and oxygen atoms in total. The summed E-state index contributed by atoms with van der Waals surface area (Å²) in [6.45, 7) is 11.7. The van der Waals surface area contributed by atoms with Gasteiger partial charge in [0, 0.05) is 5.92 Å². The zero-order chi connectivity index (χ0) is 40.0. The van der Waals surface area contributed by atoms with Gasteiger partial charge in [-0.3, -0.25) is 14.4 Å². The molecule has 3 aromatic carbocycles. The van der Waals surface area contributed by atoms with Gasteiger partial charge in [-0.25, -0.2) is 0 Å². The molecule has 55 heavy (non-hydrogen) atoms. The molecule has 2 heterocycles. The predicted octanol–water partition coefficient (Wildman–Crippen LogP) is 7.54. The van der Waals surface area contributed by atoms with Crippen molar-refractivity contribution in [3.8, 4) is 0 Å². The standard InChI is InChI=1S/C20H20BrP.C13H20O4.C11H16O5/c1-2-22(21,18-12-6-3-7-13-18,19-14-8-4-9-15-19)20-16-10-5-11-17-20;1-5-9-8(7-11(14)15-4)6-10-12(9)17-13(2,3)16-10;1-11(2)15-7-4-6(5-8(12)14-3)9(13)10(7)16-11/h3-17H,2H2,1H3;5,8,10,12H,6-7H2,1-4H3;6-7,10H,4-5H2,1-3H3/b;9-5+;/t;8-,10+,12-;6-,7+,10+/m.00/s1. The molecule has 4 aliphatic rings. The molecule has 0 aromatic heterocycles. The van der Waals surface area contributed by atoms with Gasteiger partial charge < -0.3 is 28.4 Å². The third-order valence-corrected chi connectivity index (χ3v) is 21.5. The van der Waals surface area contributed by atoms with E-state index in [0.717, 1.165) is 12.6 Å². The van der Waals surface area contributed by atoms with E-state index in [0.29, 0.717) is 12.8 Å². The van der Waals surface area contributed by atoms with E-state index in [-0.39, 0.29) is 54.3 Å². The normalized spacial score (nSPS) is 27.3. The third-order valence-electron chi connectivity index (χ3n) is 11.0. The third kappa shape index (κ3) is 9.16. The van der Waals surface area contributed by atoms with E-state index in [2.05, 4.69) is 118 Å². The summed E-state index contributed by atoms with van der Waals surface area (Å²) in [5.41, 5.74) is 1.17. The number of hydrogen-bond donors (Lipinski definition) is 0. The van der Waals surface area contributed by atoms with Crippen molar-refractivity contribution >= 4 is 54.4 Å². The monoisotopic (exact) mass is 838 g/mol. The Labute approximate surface area is 334 Å². The van der Waals surface area contributed by atoms with Crippen molar-refractivity contribution < 1.29 is 42.8 Å². The smallest absolute Gasteiger partial charge is 0.306 e. The number of carbonyl (C=O) groups is 3. The summed E-state index contributed by atoms with van der Waals surface area (Å²) in [5, 5.41) is 1.56. The molecule has 11 heteroatoms. The Morgan fingerprint density at radius 2 is 1.07 bits per heavy atom. The van der Waals surface area contributed by atoms with Crippen molar-refractivity contribution in [2.24, 2.45) is 11.8 Å². The van der Waals surface area contributed by atoms with Gasteiger partial charge in [0.2, 0.25) is 0 Å². The number of hydrogen-bond acceptors (Lipinski definition) is 9. The van der Waals surface area contributed by atoms with Crippen molar-refractivity contribution in [2.45, 2.75) is 103 Å². The number of Topliss-reactive ketones (excluding diaryl/α,β-unsaturated/α-hetero) is 1. The van der Waals surface area contributed by atoms with E-state index in [9.17, 15) is 14.4 Å². The first-order valence-corrected chi connectivity index (χ1v) is 23.5. The van der Waals surface area contributed by atoms with E-state index < -0.39 is 23.0 Å². The Kier molecular flexibility index (Phi) is 13.6. The number of rotatable bonds is 8. The quantitative estimate of drug-likeness (QED) is 0.129. The Bertz CT molecular complexity index is 1710. The van der Waals surface area contributed by atoms with Gasteiger partial charge in [-0.15, -0.1) is 0 Å². The Morgan fingerprint density at radius 3 is 1.45 bits per heavy atom. The second-order valence-electron chi connectivity index (χ2n) is 15.3. The van der Waals surface area contributed by atoms with Crippen molar-refractivity contribution in [3.63, 3.8) is 0 Å². The minimum Gasteiger partial charge on any atom is -0.469 e. The minimum atomic E-state index is -2.59. The maximum Gasteiger partial charge on any atom is 0.306 e. The number of benzene rings is 3. The number of fused-ring (bicyclic) bond motifs is 2. The summed E-state index contributed by atoms with van der Waals surface area (Å²) in [6.07, 6.45) is 4.36. The van der Waals surface area contributed by atoms with Gasteiger partial charge in [0.05, 0.1) is 39.3 Å². The number of carbonyl (C=O) groups excluding carboxylic acids is 3. The Balaban J connectivity index is 0.000000161. The van der Waals surface area contributed by atoms with Crippen LogP contribution in [-0.2, 0) is 42.8 Å². The summed E-state index contributed by atoms with van der Waals surface area (Å²) < 4.78 is 32.1. The molecule has 2 aliphatic heterocycles. The van der Waals surface area contributed by atoms with Gasteiger partial charge in [-0.1, -0.05) is 6.08 Å². The first-order valence-electron chi connectivity index (χ1n) is 19.0. The molecule has 2 saturated carbocycles. The number of ketones is 1. The minimum absolute atomic E-state index is 0.00431. The van der Waals surface area contributed by atoms with Crippen LogP contribution in [0, 0.1) is 11.8 Å². The first-order chi connectivity index (χ1) is 26.1. The average Bonchev–Trinajstić information content (AvgIpc) is 3.86. The van der Waals surface area contributed by atoms with Crippen molar-refractivity contribution in [3.05, 3.63) is 103 Å². The molecule has 2 aliphatic carbocycles. The van der Waals surface area contributed by atoms with Crippen LogP contribution in [0.1, 0.15) is 67.2 Å². The van der Waals surface area contributed by atoms with Crippen molar-refractivity contribution in [1.82, 2.24) is 0 Å². The second-order valence-corrected chi connectivity index (χ2v) is 24.6. The van der Waals surface area contributed by atoms with Gasteiger partial charge in [0.1, 0.15) is 12.2 Å². The fraction of sp³-hybridized carbons (Fsp3) is 0.477. The van der Waals surface area contributed by atoms with Gasteiger partial charge in [-0.05, 0) is 59.0 Å². The molecule has 6 atom stereocenters. The number of halogens is 1. The molecule has 3 aromatic rings. The second kappa shape index (κ2) is 17.5. The van der Waals surface area contributed by atoms with Gasteiger partial charge in [0.25, 0.3) is 0 Å².